The highest BCUT2D eigenvalue weighted by atomic mass is 14.9. The Bertz CT molecular complexity index is 509. The minimum absolute atomic E-state index is 0.662. The minimum Gasteiger partial charge on any atom is -0.342 e. The van der Waals surface area contributed by atoms with Crippen molar-refractivity contribution in [2.24, 2.45) is 5.92 Å². The molecule has 0 aliphatic heterocycles. The van der Waals surface area contributed by atoms with E-state index in [-0.39, 0.29) is 0 Å². The van der Waals surface area contributed by atoms with E-state index >= 15 is 0 Å². The molecule has 1 aromatic heterocycles. The van der Waals surface area contributed by atoms with Crippen LogP contribution in [0.3, 0.4) is 0 Å². The number of hydrogen-bond acceptors (Lipinski definition) is 2. The van der Waals surface area contributed by atoms with Crippen molar-refractivity contribution in [1.29, 1.82) is 5.41 Å². The van der Waals surface area contributed by atoms with Gasteiger partial charge in [-0.25, -0.2) is 4.98 Å². The van der Waals surface area contributed by atoms with E-state index in [1.165, 1.54) is 25.7 Å². The van der Waals surface area contributed by atoms with Crippen LogP contribution in [0.5, 0.6) is 0 Å². The molecule has 1 unspecified atom stereocenters. The topological polar surface area (TPSA) is 52.5 Å². The van der Waals surface area contributed by atoms with Gasteiger partial charge in [0, 0.05) is 5.71 Å². The van der Waals surface area contributed by atoms with E-state index in [1.54, 1.807) is 0 Å². The molecule has 3 heteroatoms. The minimum atomic E-state index is 0.662. The number of hydrogen-bond donors (Lipinski definition) is 2. The Labute approximate surface area is 115 Å². The number of para-hydroxylation sites is 2. The van der Waals surface area contributed by atoms with Crippen LogP contribution in [0.4, 0.5) is 0 Å². The lowest BCUT2D eigenvalue weighted by atomic mass is 10.0. The average Bonchev–Trinajstić information content (AvgIpc) is 2.96. The predicted octanol–water partition coefficient (Wildman–Crippen LogP) is 4.48. The molecule has 1 saturated carbocycles. The SMILES string of the molecule is CCCC1CCCC1=N.Cc1nc2ccccc2[nH]1. The van der Waals surface area contributed by atoms with Crippen LogP contribution in [0.2, 0.25) is 0 Å². The van der Waals surface area contributed by atoms with Gasteiger partial charge in [0.1, 0.15) is 5.82 Å². The summed E-state index contributed by atoms with van der Waals surface area (Å²) in [4.78, 5) is 7.40. The maximum Gasteiger partial charge on any atom is 0.104 e. The molecule has 0 saturated heterocycles. The predicted molar refractivity (Wildman–Crippen MR) is 80.8 cm³/mol. The molecule has 1 heterocycles. The monoisotopic (exact) mass is 257 g/mol. The molecule has 0 spiro atoms. The molecule has 3 rings (SSSR count). The molecule has 2 aromatic rings. The van der Waals surface area contributed by atoms with Crippen LogP contribution in [0, 0.1) is 18.3 Å². The molecule has 0 bridgehead atoms. The van der Waals surface area contributed by atoms with Crippen LogP contribution in [-0.4, -0.2) is 15.7 Å². The van der Waals surface area contributed by atoms with Gasteiger partial charge in [-0.15, -0.1) is 0 Å². The van der Waals surface area contributed by atoms with E-state index in [0.29, 0.717) is 5.92 Å². The molecule has 0 amide bonds. The molecule has 1 atom stereocenters. The van der Waals surface area contributed by atoms with Gasteiger partial charge in [0.05, 0.1) is 11.0 Å². The number of aromatic amines is 1. The Morgan fingerprint density at radius 3 is 2.79 bits per heavy atom. The Kier molecular flexibility index (Phi) is 4.72. The summed E-state index contributed by atoms with van der Waals surface area (Å²) in [5.74, 6) is 1.64. The zero-order valence-corrected chi connectivity index (χ0v) is 11.9. The lowest BCUT2D eigenvalue weighted by Crippen LogP contribution is -2.03. The lowest BCUT2D eigenvalue weighted by Gasteiger charge is -2.05. The van der Waals surface area contributed by atoms with Crippen LogP contribution in [0.25, 0.3) is 11.0 Å². The van der Waals surface area contributed by atoms with Gasteiger partial charge in [0.25, 0.3) is 0 Å². The fourth-order valence-electron chi connectivity index (χ4n) is 2.66. The number of nitrogens with zero attached hydrogens (tertiary/aromatic N) is 1. The van der Waals surface area contributed by atoms with Gasteiger partial charge in [-0.05, 0) is 50.7 Å². The van der Waals surface area contributed by atoms with Crippen molar-refractivity contribution in [3.05, 3.63) is 30.1 Å². The highest BCUT2D eigenvalue weighted by Crippen LogP contribution is 2.25. The van der Waals surface area contributed by atoms with Crippen molar-refractivity contribution in [1.82, 2.24) is 9.97 Å². The number of rotatable bonds is 2. The Balaban J connectivity index is 0.000000141. The Morgan fingerprint density at radius 1 is 1.37 bits per heavy atom. The second-order valence-corrected chi connectivity index (χ2v) is 5.24. The van der Waals surface area contributed by atoms with Crippen LogP contribution in [0.1, 0.15) is 44.9 Å². The average molecular weight is 257 g/mol. The summed E-state index contributed by atoms with van der Waals surface area (Å²) in [6.07, 6.45) is 6.12. The third-order valence-electron chi connectivity index (χ3n) is 3.64. The van der Waals surface area contributed by atoms with Crippen molar-refractivity contribution >= 4 is 16.7 Å². The normalized spacial score (nSPS) is 18.4. The third kappa shape index (κ3) is 3.66. The van der Waals surface area contributed by atoms with Crippen molar-refractivity contribution in [3.63, 3.8) is 0 Å². The summed E-state index contributed by atoms with van der Waals surface area (Å²) in [6, 6.07) is 8.01. The van der Waals surface area contributed by atoms with Gasteiger partial charge in [0.15, 0.2) is 0 Å². The smallest absolute Gasteiger partial charge is 0.104 e. The molecule has 1 aliphatic rings. The van der Waals surface area contributed by atoms with Crippen molar-refractivity contribution in [3.8, 4) is 0 Å². The molecule has 1 aliphatic carbocycles. The fourth-order valence-corrected chi connectivity index (χ4v) is 2.66. The van der Waals surface area contributed by atoms with Crippen LogP contribution in [0.15, 0.2) is 24.3 Å². The van der Waals surface area contributed by atoms with Crippen LogP contribution < -0.4 is 0 Å². The molecule has 102 valence electrons. The maximum absolute atomic E-state index is 7.51. The quantitative estimate of drug-likeness (QED) is 0.819. The summed E-state index contributed by atoms with van der Waals surface area (Å²) >= 11 is 0. The first-order valence-electron chi connectivity index (χ1n) is 7.19. The zero-order chi connectivity index (χ0) is 13.7. The molecule has 0 radical (unpaired) electrons. The van der Waals surface area contributed by atoms with E-state index in [0.717, 1.165) is 29.0 Å². The lowest BCUT2D eigenvalue weighted by molar-refractivity contribution is 0.597. The van der Waals surface area contributed by atoms with Gasteiger partial charge < -0.3 is 10.4 Å². The Hall–Kier alpha value is -1.64. The first kappa shape index (κ1) is 13.8. The summed E-state index contributed by atoms with van der Waals surface area (Å²) in [5.41, 5.74) is 3.16. The van der Waals surface area contributed by atoms with Crippen molar-refractivity contribution < 1.29 is 0 Å². The van der Waals surface area contributed by atoms with Crippen molar-refractivity contribution in [2.75, 3.05) is 0 Å². The van der Waals surface area contributed by atoms with Gasteiger partial charge in [-0.3, -0.25) is 0 Å². The number of imidazole rings is 1. The number of nitrogens with one attached hydrogen (secondary N) is 2. The number of fused-ring (bicyclic) bond motifs is 1. The summed E-state index contributed by atoms with van der Waals surface area (Å²) in [6.45, 7) is 4.16. The standard InChI is InChI=1S/C8H8N2.C8H15N/c1-6-9-7-4-2-3-5-8(7)10-6;1-2-4-7-5-3-6-8(7)9/h2-5H,1H3,(H,9,10);7,9H,2-6H2,1H3. The maximum atomic E-state index is 7.51. The summed E-state index contributed by atoms with van der Waals surface area (Å²) < 4.78 is 0. The van der Waals surface area contributed by atoms with E-state index in [9.17, 15) is 0 Å². The zero-order valence-electron chi connectivity index (χ0n) is 11.9. The van der Waals surface area contributed by atoms with E-state index < -0.39 is 0 Å². The molecule has 2 N–H and O–H groups in total. The van der Waals surface area contributed by atoms with E-state index in [4.69, 9.17) is 5.41 Å². The molecule has 1 fully saturated rings. The summed E-state index contributed by atoms with van der Waals surface area (Å²) in [7, 11) is 0. The Morgan fingerprint density at radius 2 is 2.16 bits per heavy atom. The summed E-state index contributed by atoms with van der Waals surface area (Å²) in [5, 5.41) is 7.51. The highest BCUT2D eigenvalue weighted by Gasteiger charge is 2.19. The van der Waals surface area contributed by atoms with Gasteiger partial charge in [-0.1, -0.05) is 25.5 Å². The number of H-pyrrole nitrogens is 1. The first-order valence-corrected chi connectivity index (χ1v) is 7.19. The highest BCUT2D eigenvalue weighted by molar-refractivity contribution is 5.85. The molecular weight excluding hydrogens is 234 g/mol. The largest absolute Gasteiger partial charge is 0.342 e. The number of aromatic nitrogens is 2. The first-order chi connectivity index (χ1) is 9.20. The molecule has 19 heavy (non-hydrogen) atoms. The fraction of sp³-hybridized carbons (Fsp3) is 0.500. The second-order valence-electron chi connectivity index (χ2n) is 5.24. The molecule has 1 aromatic carbocycles. The number of benzene rings is 1. The third-order valence-corrected chi connectivity index (χ3v) is 3.64. The van der Waals surface area contributed by atoms with Gasteiger partial charge >= 0.3 is 0 Å². The number of aryl methyl sites for hydroxylation is 1. The van der Waals surface area contributed by atoms with Gasteiger partial charge in [0.2, 0.25) is 0 Å². The van der Waals surface area contributed by atoms with Gasteiger partial charge in [-0.2, -0.15) is 0 Å². The van der Waals surface area contributed by atoms with E-state index in [2.05, 4.69) is 16.9 Å². The van der Waals surface area contributed by atoms with E-state index in [1.807, 2.05) is 31.2 Å². The molecular formula is C16H23N3. The van der Waals surface area contributed by atoms with Crippen LogP contribution >= 0.6 is 0 Å². The van der Waals surface area contributed by atoms with Crippen molar-refractivity contribution in [2.45, 2.75) is 46.0 Å². The second kappa shape index (κ2) is 6.50. The molecule has 3 nitrogen and oxygen atoms in total. The van der Waals surface area contributed by atoms with Crippen LogP contribution in [-0.2, 0) is 0 Å².